The molecule has 5 heteroatoms. The molecule has 0 amide bonds. The van der Waals surface area contributed by atoms with Crippen molar-refractivity contribution in [2.45, 2.75) is 75.8 Å². The van der Waals surface area contributed by atoms with Gasteiger partial charge in [-0.1, -0.05) is 49.1 Å². The van der Waals surface area contributed by atoms with Crippen LogP contribution in [0.2, 0.25) is 5.02 Å². The van der Waals surface area contributed by atoms with Crippen LogP contribution in [0.4, 0.5) is 5.69 Å². The highest BCUT2D eigenvalue weighted by Crippen LogP contribution is 2.56. The minimum absolute atomic E-state index is 0. The van der Waals surface area contributed by atoms with E-state index >= 15 is 0 Å². The summed E-state index contributed by atoms with van der Waals surface area (Å²) in [5, 5.41) is 0.811. The zero-order chi connectivity index (χ0) is 21.7. The average molecular weight is 522 g/mol. The van der Waals surface area contributed by atoms with E-state index < -0.39 is 0 Å². The molecular weight excluding hydrogens is 483 g/mol. The van der Waals surface area contributed by atoms with Crippen LogP contribution in [-0.2, 0) is 18.4 Å². The summed E-state index contributed by atoms with van der Waals surface area (Å²) in [6, 6.07) is 16.5. The van der Waals surface area contributed by atoms with Crippen molar-refractivity contribution in [2.75, 3.05) is 25.0 Å². The number of piperidine rings is 1. The van der Waals surface area contributed by atoms with Crippen molar-refractivity contribution in [1.82, 2.24) is 4.90 Å². The maximum absolute atomic E-state index is 6.09. The number of nitrogens with zero attached hydrogens (tertiary/aromatic N) is 2. The zero-order valence-electron chi connectivity index (χ0n) is 20.3. The smallest absolute Gasteiger partial charge is 0.0426 e. The summed E-state index contributed by atoms with van der Waals surface area (Å²) in [5.74, 6) is 1.85. The summed E-state index contributed by atoms with van der Waals surface area (Å²) in [5.41, 5.74) is 6.47. The molecule has 3 atom stereocenters. The number of hydrogen-bond donors (Lipinski definition) is 0. The largest absolute Gasteiger partial charge is 0.370 e. The van der Waals surface area contributed by atoms with E-state index in [1.807, 2.05) is 12.1 Å². The molecule has 186 valence electrons. The lowest BCUT2D eigenvalue weighted by Gasteiger charge is -2.60. The van der Waals surface area contributed by atoms with Gasteiger partial charge in [0.1, 0.15) is 0 Å². The summed E-state index contributed by atoms with van der Waals surface area (Å²) in [7, 11) is 2.24. The molecule has 6 rings (SSSR count). The van der Waals surface area contributed by atoms with Crippen molar-refractivity contribution in [3.63, 3.8) is 0 Å². The lowest BCUT2D eigenvalue weighted by atomic mass is 9.52. The zero-order valence-corrected chi connectivity index (χ0v) is 22.7. The van der Waals surface area contributed by atoms with E-state index in [0.717, 1.165) is 29.4 Å². The molecule has 0 unspecified atom stereocenters. The van der Waals surface area contributed by atoms with E-state index in [-0.39, 0.29) is 24.8 Å². The van der Waals surface area contributed by atoms with E-state index in [1.165, 1.54) is 82.1 Å². The van der Waals surface area contributed by atoms with Gasteiger partial charge in [0.15, 0.2) is 0 Å². The second-order valence-electron chi connectivity index (χ2n) is 11.1. The number of likely N-dealkylation sites (tertiary alicyclic amines) is 1. The molecule has 4 aliphatic rings. The summed E-state index contributed by atoms with van der Waals surface area (Å²) in [6.45, 7) is 3.61. The predicted molar refractivity (Wildman–Crippen MR) is 149 cm³/mol. The van der Waals surface area contributed by atoms with Crippen molar-refractivity contribution >= 4 is 42.1 Å². The number of halogens is 3. The number of rotatable bonds is 5. The molecular formula is C29H39Cl3N2. The van der Waals surface area contributed by atoms with Gasteiger partial charge in [-0.25, -0.2) is 0 Å². The van der Waals surface area contributed by atoms with Crippen LogP contribution in [0.3, 0.4) is 0 Å². The Morgan fingerprint density at radius 1 is 0.971 bits per heavy atom. The third kappa shape index (κ3) is 4.61. The SMILES string of the molecule is CN(Cc1ccc(Cl)cc1)c1ccc2c(c1)[C@@]13CCCC[C@H]1[C@@H](C2)N(CC1CCC1)CC3.Cl.Cl. The molecule has 0 aromatic heterocycles. The normalized spacial score (nSPS) is 27.9. The molecule has 2 nitrogen and oxygen atoms in total. The number of fused-ring (bicyclic) bond motifs is 1. The minimum atomic E-state index is 0. The van der Waals surface area contributed by atoms with Crippen LogP contribution in [-0.4, -0.2) is 31.1 Å². The first-order valence-electron chi connectivity index (χ1n) is 13.0. The van der Waals surface area contributed by atoms with Gasteiger partial charge in [-0.2, -0.15) is 0 Å². The Hall–Kier alpha value is -0.930. The van der Waals surface area contributed by atoms with E-state index in [0.29, 0.717) is 5.41 Å². The summed E-state index contributed by atoms with van der Waals surface area (Å²) < 4.78 is 0. The van der Waals surface area contributed by atoms with Crippen molar-refractivity contribution in [2.24, 2.45) is 11.8 Å². The highest BCUT2D eigenvalue weighted by molar-refractivity contribution is 6.30. The van der Waals surface area contributed by atoms with Crippen molar-refractivity contribution in [3.8, 4) is 0 Å². The summed E-state index contributed by atoms with van der Waals surface area (Å²) in [6.07, 6.45) is 12.7. The standard InChI is InChI=1S/C29H37ClN2.2ClH/c1-31(19-22-8-11-24(30)12-9-22)25-13-10-23-17-28-26-7-2-3-14-29(26,27(23)18-25)15-16-32(28)20-21-5-4-6-21;;/h8-13,18,21,26,28H,2-7,14-17,19-20H2,1H3;2*1H/t26-,28+,29+;;/m0../s1. The molecule has 34 heavy (non-hydrogen) atoms. The molecule has 0 N–H and O–H groups in total. The van der Waals surface area contributed by atoms with Gasteiger partial charge in [0.25, 0.3) is 0 Å². The highest BCUT2D eigenvalue weighted by Gasteiger charge is 2.54. The molecule has 3 fully saturated rings. The first-order valence-corrected chi connectivity index (χ1v) is 13.3. The van der Waals surface area contributed by atoms with E-state index in [1.54, 1.807) is 11.1 Å². The topological polar surface area (TPSA) is 6.48 Å². The Balaban J connectivity index is 0.00000137. The second kappa shape index (κ2) is 10.6. The Bertz CT molecular complexity index is 974. The van der Waals surface area contributed by atoms with Gasteiger partial charge in [-0.15, -0.1) is 24.8 Å². The van der Waals surface area contributed by atoms with Crippen LogP contribution < -0.4 is 4.90 Å². The molecule has 3 aliphatic carbocycles. The van der Waals surface area contributed by atoms with Crippen LogP contribution in [0.5, 0.6) is 0 Å². The Morgan fingerprint density at radius 2 is 1.76 bits per heavy atom. The molecule has 0 radical (unpaired) electrons. The molecule has 2 aromatic rings. The fourth-order valence-corrected chi connectivity index (χ4v) is 7.62. The fraction of sp³-hybridized carbons (Fsp3) is 0.586. The third-order valence-electron chi connectivity index (χ3n) is 9.43. The van der Waals surface area contributed by atoms with Gasteiger partial charge < -0.3 is 4.90 Å². The van der Waals surface area contributed by atoms with Crippen LogP contribution >= 0.6 is 36.4 Å². The minimum Gasteiger partial charge on any atom is -0.370 e. The van der Waals surface area contributed by atoms with Crippen LogP contribution in [0, 0.1) is 11.8 Å². The lowest BCUT2D eigenvalue weighted by Crippen LogP contribution is -2.61. The van der Waals surface area contributed by atoms with E-state index in [2.05, 4.69) is 47.2 Å². The van der Waals surface area contributed by atoms with Gasteiger partial charge in [-0.3, -0.25) is 4.90 Å². The number of anilines is 1. The van der Waals surface area contributed by atoms with Crippen LogP contribution in [0.25, 0.3) is 0 Å². The molecule has 2 bridgehead atoms. The van der Waals surface area contributed by atoms with E-state index in [9.17, 15) is 0 Å². The van der Waals surface area contributed by atoms with Crippen LogP contribution in [0.15, 0.2) is 42.5 Å². The quantitative estimate of drug-likeness (QED) is 0.398. The van der Waals surface area contributed by atoms with Gasteiger partial charge in [0.2, 0.25) is 0 Å². The molecule has 1 heterocycles. The molecule has 2 aromatic carbocycles. The van der Waals surface area contributed by atoms with Crippen molar-refractivity contribution < 1.29 is 0 Å². The Labute approximate surface area is 223 Å². The summed E-state index contributed by atoms with van der Waals surface area (Å²) in [4.78, 5) is 5.34. The van der Waals surface area contributed by atoms with Crippen LogP contribution in [0.1, 0.15) is 68.1 Å². The average Bonchev–Trinajstić information content (AvgIpc) is 2.78. The molecule has 1 saturated heterocycles. The van der Waals surface area contributed by atoms with Gasteiger partial charge in [0, 0.05) is 42.3 Å². The Morgan fingerprint density at radius 3 is 2.50 bits per heavy atom. The first-order chi connectivity index (χ1) is 15.6. The summed E-state index contributed by atoms with van der Waals surface area (Å²) >= 11 is 6.09. The van der Waals surface area contributed by atoms with Crippen molar-refractivity contribution in [1.29, 1.82) is 0 Å². The van der Waals surface area contributed by atoms with Gasteiger partial charge in [0.05, 0.1) is 0 Å². The number of hydrogen-bond acceptors (Lipinski definition) is 2. The molecule has 1 aliphatic heterocycles. The lowest BCUT2D eigenvalue weighted by molar-refractivity contribution is -0.0239. The monoisotopic (exact) mass is 520 g/mol. The predicted octanol–water partition coefficient (Wildman–Crippen LogP) is 7.68. The Kier molecular flexibility index (Phi) is 8.14. The first kappa shape index (κ1) is 26.1. The van der Waals surface area contributed by atoms with E-state index in [4.69, 9.17) is 11.6 Å². The maximum Gasteiger partial charge on any atom is 0.0426 e. The third-order valence-corrected chi connectivity index (χ3v) is 9.68. The molecule has 2 saturated carbocycles. The second-order valence-corrected chi connectivity index (χ2v) is 11.6. The van der Waals surface area contributed by atoms with Gasteiger partial charge >= 0.3 is 0 Å². The highest BCUT2D eigenvalue weighted by atomic mass is 35.5. The fourth-order valence-electron chi connectivity index (χ4n) is 7.50. The maximum atomic E-state index is 6.09. The van der Waals surface area contributed by atoms with Gasteiger partial charge in [-0.05, 0) is 97.9 Å². The van der Waals surface area contributed by atoms with Crippen molar-refractivity contribution in [3.05, 3.63) is 64.2 Å². The number of benzene rings is 2. The molecule has 0 spiro atoms.